The molecule has 0 aliphatic carbocycles. The number of halogens is 2. The van der Waals surface area contributed by atoms with E-state index < -0.39 is 48.2 Å². The summed E-state index contributed by atoms with van der Waals surface area (Å²) in [5.74, 6) is 0.659. The Balaban J connectivity index is 2.10. The zero-order valence-corrected chi connectivity index (χ0v) is 17.3. The molecule has 4 atom stereocenters. The topological polar surface area (TPSA) is 151 Å². The molecule has 31 heavy (non-hydrogen) atoms. The third kappa shape index (κ3) is 4.19. The lowest BCUT2D eigenvalue weighted by Crippen LogP contribution is -2.45. The van der Waals surface area contributed by atoms with E-state index in [-0.39, 0.29) is 30.0 Å². The Morgan fingerprint density at radius 1 is 1.42 bits per heavy atom. The maximum Gasteiger partial charge on any atom is 0.306 e. The van der Waals surface area contributed by atoms with Gasteiger partial charge in [0.05, 0.1) is 6.33 Å². The van der Waals surface area contributed by atoms with E-state index in [2.05, 4.69) is 20.9 Å². The van der Waals surface area contributed by atoms with Gasteiger partial charge in [0.2, 0.25) is 5.95 Å². The predicted octanol–water partition coefficient (Wildman–Crippen LogP) is 0.782. The molecular weight excluding hydrogens is 437 g/mol. The van der Waals surface area contributed by atoms with Gasteiger partial charge in [-0.25, -0.2) is 9.37 Å². The Morgan fingerprint density at radius 2 is 2.13 bits per heavy atom. The highest BCUT2D eigenvalue weighted by molar-refractivity contribution is 6.30. The van der Waals surface area contributed by atoms with Gasteiger partial charge in [-0.1, -0.05) is 13.8 Å². The maximum absolute atomic E-state index is 16.3. The fourth-order valence-corrected chi connectivity index (χ4v) is 3.27. The van der Waals surface area contributed by atoms with E-state index in [9.17, 15) is 14.4 Å². The zero-order valence-electron chi connectivity index (χ0n) is 16.6. The monoisotopic (exact) mass is 455 g/mol. The fourth-order valence-electron chi connectivity index (χ4n) is 3.13. The molecule has 0 spiro atoms. The van der Waals surface area contributed by atoms with Crippen molar-refractivity contribution in [3.63, 3.8) is 0 Å². The van der Waals surface area contributed by atoms with Crippen LogP contribution in [-0.2, 0) is 23.8 Å². The number of nitrogens with zero attached hydrogens (tertiary/aromatic N) is 3. The van der Waals surface area contributed by atoms with Crippen LogP contribution >= 0.6 is 11.6 Å². The Morgan fingerprint density at radius 3 is 2.77 bits per heavy atom. The van der Waals surface area contributed by atoms with Crippen LogP contribution in [0.1, 0.15) is 32.9 Å². The summed E-state index contributed by atoms with van der Waals surface area (Å²) in [7, 11) is 0. The van der Waals surface area contributed by atoms with E-state index in [1.807, 2.05) is 5.38 Å². The van der Waals surface area contributed by atoms with E-state index in [0.717, 1.165) is 10.9 Å². The first-order chi connectivity index (χ1) is 14.7. The number of rotatable bonds is 6. The zero-order chi connectivity index (χ0) is 22.8. The number of fused-ring (bicyclic) bond motifs is 1. The molecule has 1 aliphatic heterocycles. The highest BCUT2D eigenvalue weighted by atomic mass is 35.5. The summed E-state index contributed by atoms with van der Waals surface area (Å²) in [5.41, 5.74) is 2.05. The summed E-state index contributed by atoms with van der Waals surface area (Å²) in [6, 6.07) is 0. The van der Waals surface area contributed by atoms with Crippen molar-refractivity contribution in [2.24, 2.45) is 0 Å². The molecule has 1 saturated heterocycles. The summed E-state index contributed by atoms with van der Waals surface area (Å²) < 4.78 is 33.5. The average Bonchev–Trinajstić information content (AvgIpc) is 3.26. The predicted molar refractivity (Wildman–Crippen MR) is 105 cm³/mol. The van der Waals surface area contributed by atoms with Crippen LogP contribution in [0.25, 0.3) is 11.2 Å². The third-order valence-corrected chi connectivity index (χ3v) is 4.70. The van der Waals surface area contributed by atoms with Crippen molar-refractivity contribution in [2.75, 3.05) is 12.3 Å². The Bertz CT molecular complexity index is 1120. The van der Waals surface area contributed by atoms with E-state index in [1.165, 1.54) is 6.92 Å². The number of anilines is 1. The van der Waals surface area contributed by atoms with E-state index in [4.69, 9.17) is 31.5 Å². The number of aromatic amines is 1. The van der Waals surface area contributed by atoms with Gasteiger partial charge >= 0.3 is 11.9 Å². The minimum absolute atomic E-state index is 0.0471. The number of aromatic nitrogens is 4. The van der Waals surface area contributed by atoms with Gasteiger partial charge in [-0.15, -0.1) is 0 Å². The molecule has 166 valence electrons. The third-order valence-electron chi connectivity index (χ3n) is 4.60. The van der Waals surface area contributed by atoms with Crippen LogP contribution in [0.15, 0.2) is 11.1 Å². The van der Waals surface area contributed by atoms with Gasteiger partial charge in [0.1, 0.15) is 12.7 Å². The number of carbonyl (C=O) groups is 2. The van der Waals surface area contributed by atoms with Crippen LogP contribution in [-0.4, -0.2) is 55.9 Å². The largest absolute Gasteiger partial charge is 0.463 e. The Hall–Kier alpha value is -3.17. The number of imidazole rings is 1. The molecule has 0 radical (unpaired) electrons. The second-order valence-electron chi connectivity index (χ2n) is 6.59. The lowest BCUT2D eigenvalue weighted by atomic mass is 9.96. The molecule has 1 fully saturated rings. The highest BCUT2D eigenvalue weighted by Gasteiger charge is 2.61. The molecule has 0 amide bonds. The normalized spacial score (nSPS) is 25.1. The molecule has 3 heterocycles. The van der Waals surface area contributed by atoms with Gasteiger partial charge < -0.3 is 19.9 Å². The first-order valence-corrected chi connectivity index (χ1v) is 9.67. The molecule has 1 aliphatic rings. The van der Waals surface area contributed by atoms with E-state index in [0.29, 0.717) is 0 Å². The van der Waals surface area contributed by atoms with Gasteiger partial charge in [0, 0.05) is 18.2 Å². The number of nitrogens with one attached hydrogen (secondary N) is 1. The van der Waals surface area contributed by atoms with Crippen LogP contribution < -0.4 is 11.3 Å². The quantitative estimate of drug-likeness (QED) is 0.475. The van der Waals surface area contributed by atoms with Crippen molar-refractivity contribution >= 4 is 40.7 Å². The summed E-state index contributed by atoms with van der Waals surface area (Å²) in [6.45, 7) is 2.69. The molecule has 11 nitrogen and oxygen atoms in total. The first kappa shape index (κ1) is 22.5. The first-order valence-electron chi connectivity index (χ1n) is 9.29. The van der Waals surface area contributed by atoms with Crippen molar-refractivity contribution in [1.82, 2.24) is 19.5 Å². The van der Waals surface area contributed by atoms with Crippen molar-refractivity contribution < 1.29 is 28.2 Å². The number of esters is 2. The SMILES string of the molecule is CCC(=O)OC[C@H]1O[C@@H](n2cnc3c(=O)[nH]c(N)nc32)[C@@](F)(C#CCl)[C@@H]1OC(=O)CC. The molecule has 0 saturated carbocycles. The molecule has 3 rings (SSSR count). The van der Waals surface area contributed by atoms with Crippen LogP contribution in [0.4, 0.5) is 10.3 Å². The minimum atomic E-state index is -2.69. The number of H-pyrrole nitrogens is 1. The second-order valence-corrected chi connectivity index (χ2v) is 6.78. The number of ether oxygens (including phenoxy) is 3. The number of hydrogen-bond donors (Lipinski definition) is 2. The molecule has 0 aromatic carbocycles. The standard InChI is InChI=1S/C18H19ClFN5O6/c1-3-10(26)29-7-9-13(31-11(27)4-2)18(20,5-6-19)16(30-9)25-8-22-12-14(25)23-17(21)24-15(12)28/h8-9,13,16H,3-4,7H2,1-2H3,(H3,21,23,24,28)/t9-,13-,16-,18-/m1/s1. The van der Waals surface area contributed by atoms with Crippen LogP contribution in [0.3, 0.4) is 0 Å². The molecule has 13 heteroatoms. The lowest BCUT2D eigenvalue weighted by Gasteiger charge is -2.26. The maximum atomic E-state index is 16.3. The van der Waals surface area contributed by atoms with Gasteiger partial charge in [0.15, 0.2) is 23.5 Å². The molecule has 0 unspecified atom stereocenters. The Labute approximate surface area is 180 Å². The smallest absolute Gasteiger partial charge is 0.306 e. The second kappa shape index (κ2) is 8.91. The summed E-state index contributed by atoms with van der Waals surface area (Å²) >= 11 is 5.50. The van der Waals surface area contributed by atoms with Gasteiger partial charge in [-0.3, -0.25) is 23.9 Å². The van der Waals surface area contributed by atoms with Crippen molar-refractivity contribution in [3.05, 3.63) is 16.7 Å². The minimum Gasteiger partial charge on any atom is -0.463 e. The number of carbonyl (C=O) groups excluding carboxylic acids is 2. The number of alkyl halides is 1. The molecule has 2 aromatic rings. The van der Waals surface area contributed by atoms with Crippen molar-refractivity contribution in [3.8, 4) is 11.3 Å². The summed E-state index contributed by atoms with van der Waals surface area (Å²) in [4.78, 5) is 45.8. The van der Waals surface area contributed by atoms with Crippen LogP contribution in [0.2, 0.25) is 0 Å². The lowest BCUT2D eigenvalue weighted by molar-refractivity contribution is -0.160. The number of hydrogen-bond acceptors (Lipinski definition) is 9. The van der Waals surface area contributed by atoms with E-state index in [1.54, 1.807) is 6.92 Å². The number of nitrogens with two attached hydrogens (primary N) is 1. The molecular formula is C18H19ClFN5O6. The van der Waals surface area contributed by atoms with Crippen molar-refractivity contribution in [1.29, 1.82) is 0 Å². The highest BCUT2D eigenvalue weighted by Crippen LogP contribution is 2.44. The summed E-state index contributed by atoms with van der Waals surface area (Å²) in [6.07, 6.45) is -3.28. The molecule has 2 aromatic heterocycles. The number of nitrogen functional groups attached to an aromatic ring is 1. The average molecular weight is 456 g/mol. The van der Waals surface area contributed by atoms with Crippen LogP contribution in [0, 0.1) is 11.3 Å². The van der Waals surface area contributed by atoms with Gasteiger partial charge in [0.25, 0.3) is 11.2 Å². The van der Waals surface area contributed by atoms with E-state index >= 15 is 4.39 Å². The molecule has 3 N–H and O–H groups in total. The van der Waals surface area contributed by atoms with Crippen molar-refractivity contribution in [2.45, 2.75) is 50.8 Å². The molecule has 0 bridgehead atoms. The van der Waals surface area contributed by atoms with Gasteiger partial charge in [-0.05, 0) is 17.5 Å². The fraction of sp³-hybridized carbons (Fsp3) is 0.500. The Kier molecular flexibility index (Phi) is 6.47. The van der Waals surface area contributed by atoms with Crippen LogP contribution in [0.5, 0.6) is 0 Å². The van der Waals surface area contributed by atoms with Gasteiger partial charge in [-0.2, -0.15) is 4.98 Å². The summed E-state index contributed by atoms with van der Waals surface area (Å²) in [5, 5.41) is 1.95.